The van der Waals surface area contributed by atoms with Gasteiger partial charge in [0, 0.05) is 6.04 Å². The van der Waals surface area contributed by atoms with Crippen LogP contribution in [0.2, 0.25) is 0 Å². The number of hydrogen-bond acceptors (Lipinski definition) is 0. The molecule has 0 saturated carbocycles. The molecular weight excluding hydrogens is 98.1 g/mol. The molecule has 0 aliphatic heterocycles. The molecule has 0 saturated heterocycles. The molecule has 8 heavy (non-hydrogen) atoms. The quantitative estimate of drug-likeness (QED) is 0.536. The smallest absolute Gasteiger partial charge is 0.0212 e. The first-order valence-corrected chi connectivity index (χ1v) is 3.38. The molecule has 0 aliphatic carbocycles. The fourth-order valence-corrected chi connectivity index (χ4v) is 0.736. The van der Waals surface area contributed by atoms with Crippen molar-refractivity contribution in [2.45, 2.75) is 39.7 Å². The molecule has 1 atom stereocenters. The van der Waals surface area contributed by atoms with E-state index in [0.29, 0.717) is 5.92 Å². The van der Waals surface area contributed by atoms with Crippen LogP contribution in [0.4, 0.5) is 0 Å². The van der Waals surface area contributed by atoms with E-state index in [4.69, 9.17) is 5.73 Å². The van der Waals surface area contributed by atoms with Crippen LogP contribution < -0.4 is 5.73 Å². The van der Waals surface area contributed by atoms with Gasteiger partial charge in [0.25, 0.3) is 0 Å². The maximum atomic E-state index is 7.35. The molecule has 0 spiro atoms. The Hall–Kier alpha value is -0.0400. The molecule has 1 nitrogen and oxygen atoms in total. The average Bonchev–Trinajstić information content (AvgIpc) is 1.65. The SMILES string of the molecule is CCC([NH])CC(C)C. The van der Waals surface area contributed by atoms with Crippen molar-refractivity contribution in [3.8, 4) is 0 Å². The lowest BCUT2D eigenvalue weighted by atomic mass is 10.0. The third-order valence-electron chi connectivity index (χ3n) is 1.25. The lowest BCUT2D eigenvalue weighted by Crippen LogP contribution is -2.09. The standard InChI is InChI=1S/C7H16N/c1-4-7(8)5-6(2)3/h6-8H,4-5H2,1-3H3. The van der Waals surface area contributed by atoms with Crippen molar-refractivity contribution in [3.63, 3.8) is 0 Å². The van der Waals surface area contributed by atoms with Crippen LogP contribution in [0.1, 0.15) is 33.6 Å². The first-order chi connectivity index (χ1) is 3.66. The first kappa shape index (κ1) is 7.96. The normalized spacial score (nSPS) is 14.6. The second-order valence-corrected chi connectivity index (χ2v) is 2.73. The molecule has 0 aliphatic rings. The summed E-state index contributed by atoms with van der Waals surface area (Å²) >= 11 is 0. The predicted molar refractivity (Wildman–Crippen MR) is 36.6 cm³/mol. The molecule has 0 bridgehead atoms. The van der Waals surface area contributed by atoms with E-state index < -0.39 is 0 Å². The van der Waals surface area contributed by atoms with Gasteiger partial charge in [-0.2, -0.15) is 0 Å². The Labute approximate surface area is 52.3 Å². The van der Waals surface area contributed by atoms with E-state index in [1.807, 2.05) is 0 Å². The Morgan fingerprint density at radius 2 is 1.88 bits per heavy atom. The fraction of sp³-hybridized carbons (Fsp3) is 1.00. The number of hydrogen-bond donors (Lipinski definition) is 0. The van der Waals surface area contributed by atoms with E-state index >= 15 is 0 Å². The molecule has 0 heterocycles. The van der Waals surface area contributed by atoms with Crippen molar-refractivity contribution in [3.05, 3.63) is 0 Å². The minimum Gasteiger partial charge on any atom is -0.255 e. The molecule has 0 aromatic carbocycles. The van der Waals surface area contributed by atoms with Crippen LogP contribution in [0.5, 0.6) is 0 Å². The van der Waals surface area contributed by atoms with Gasteiger partial charge in [-0.25, -0.2) is 0 Å². The Morgan fingerprint density at radius 1 is 1.38 bits per heavy atom. The highest BCUT2D eigenvalue weighted by Crippen LogP contribution is 2.05. The van der Waals surface area contributed by atoms with E-state index in [1.54, 1.807) is 0 Å². The summed E-state index contributed by atoms with van der Waals surface area (Å²) in [4.78, 5) is 0. The zero-order chi connectivity index (χ0) is 6.57. The largest absolute Gasteiger partial charge is 0.255 e. The summed E-state index contributed by atoms with van der Waals surface area (Å²) in [7, 11) is 0. The van der Waals surface area contributed by atoms with Gasteiger partial charge in [-0.05, 0) is 18.8 Å². The molecule has 1 N–H and O–H groups in total. The maximum absolute atomic E-state index is 7.35. The topological polar surface area (TPSA) is 23.8 Å². The zero-order valence-electron chi connectivity index (χ0n) is 6.07. The van der Waals surface area contributed by atoms with Crippen molar-refractivity contribution >= 4 is 0 Å². The Balaban J connectivity index is 3.10. The molecule has 0 aromatic heterocycles. The van der Waals surface area contributed by atoms with Crippen molar-refractivity contribution in [2.24, 2.45) is 5.92 Å². The highest BCUT2D eigenvalue weighted by atomic mass is 14.6. The second kappa shape index (κ2) is 3.90. The summed E-state index contributed by atoms with van der Waals surface area (Å²) in [6.45, 7) is 6.40. The molecule has 0 rings (SSSR count). The maximum Gasteiger partial charge on any atom is 0.0212 e. The summed E-state index contributed by atoms with van der Waals surface area (Å²) in [5.74, 6) is 0.692. The molecule has 0 fully saturated rings. The van der Waals surface area contributed by atoms with E-state index in [9.17, 15) is 0 Å². The van der Waals surface area contributed by atoms with Crippen molar-refractivity contribution in [1.82, 2.24) is 5.73 Å². The molecule has 1 unspecified atom stereocenters. The first-order valence-electron chi connectivity index (χ1n) is 3.38. The predicted octanol–water partition coefficient (Wildman–Crippen LogP) is 2.09. The Morgan fingerprint density at radius 3 is 2.00 bits per heavy atom. The summed E-state index contributed by atoms with van der Waals surface area (Å²) in [5.41, 5.74) is 7.35. The molecule has 0 aromatic rings. The molecule has 0 amide bonds. The van der Waals surface area contributed by atoms with Crippen molar-refractivity contribution in [1.29, 1.82) is 0 Å². The van der Waals surface area contributed by atoms with E-state index in [2.05, 4.69) is 20.8 Å². The van der Waals surface area contributed by atoms with Gasteiger partial charge in [0.2, 0.25) is 0 Å². The minimum atomic E-state index is 0.176. The molecular formula is C7H16N. The number of nitrogens with one attached hydrogen (secondary N) is 1. The van der Waals surface area contributed by atoms with Crippen LogP contribution in [0.25, 0.3) is 0 Å². The van der Waals surface area contributed by atoms with Gasteiger partial charge in [0.05, 0.1) is 0 Å². The van der Waals surface area contributed by atoms with E-state index in [0.717, 1.165) is 12.8 Å². The van der Waals surface area contributed by atoms with Gasteiger partial charge in [-0.15, -0.1) is 0 Å². The fourth-order valence-electron chi connectivity index (χ4n) is 0.736. The molecule has 1 radical (unpaired) electrons. The van der Waals surface area contributed by atoms with Gasteiger partial charge in [-0.1, -0.05) is 20.8 Å². The summed E-state index contributed by atoms with van der Waals surface area (Å²) in [5, 5.41) is 0. The van der Waals surface area contributed by atoms with E-state index in [-0.39, 0.29) is 6.04 Å². The summed E-state index contributed by atoms with van der Waals surface area (Å²) < 4.78 is 0. The monoisotopic (exact) mass is 114 g/mol. The van der Waals surface area contributed by atoms with Crippen LogP contribution in [0, 0.1) is 5.92 Å². The van der Waals surface area contributed by atoms with Gasteiger partial charge < -0.3 is 0 Å². The van der Waals surface area contributed by atoms with Gasteiger partial charge in [0.15, 0.2) is 0 Å². The Kier molecular flexibility index (Phi) is 3.88. The second-order valence-electron chi connectivity index (χ2n) is 2.73. The lowest BCUT2D eigenvalue weighted by molar-refractivity contribution is 0.476. The third-order valence-corrected chi connectivity index (χ3v) is 1.25. The van der Waals surface area contributed by atoms with Gasteiger partial charge >= 0.3 is 0 Å². The highest BCUT2D eigenvalue weighted by molar-refractivity contribution is 4.58. The van der Waals surface area contributed by atoms with E-state index in [1.165, 1.54) is 0 Å². The summed E-state index contributed by atoms with van der Waals surface area (Å²) in [6, 6.07) is 0.176. The lowest BCUT2D eigenvalue weighted by Gasteiger charge is -2.08. The van der Waals surface area contributed by atoms with Crippen LogP contribution in [-0.4, -0.2) is 6.04 Å². The van der Waals surface area contributed by atoms with Crippen molar-refractivity contribution < 1.29 is 0 Å². The van der Waals surface area contributed by atoms with Gasteiger partial charge in [-0.3, -0.25) is 5.73 Å². The Bertz CT molecular complexity index is 50.3. The third kappa shape index (κ3) is 4.13. The molecule has 1 heteroatoms. The van der Waals surface area contributed by atoms with Gasteiger partial charge in [0.1, 0.15) is 0 Å². The van der Waals surface area contributed by atoms with Crippen LogP contribution in [-0.2, 0) is 0 Å². The van der Waals surface area contributed by atoms with Crippen molar-refractivity contribution in [2.75, 3.05) is 0 Å². The zero-order valence-corrected chi connectivity index (χ0v) is 6.07. The highest BCUT2D eigenvalue weighted by Gasteiger charge is 2.01. The summed E-state index contributed by atoms with van der Waals surface area (Å²) in [6.07, 6.45) is 2.05. The van der Waals surface area contributed by atoms with Crippen LogP contribution >= 0.6 is 0 Å². The average molecular weight is 114 g/mol. The molecule has 49 valence electrons. The number of rotatable bonds is 3. The van der Waals surface area contributed by atoms with Crippen LogP contribution in [0.3, 0.4) is 0 Å². The van der Waals surface area contributed by atoms with Crippen LogP contribution in [0.15, 0.2) is 0 Å². The minimum absolute atomic E-state index is 0.176.